The molecule has 126 valence electrons. The molecule has 2 rings (SSSR count). The number of hydrogen-bond donors (Lipinski definition) is 3. The Kier molecular flexibility index (Phi) is 7.44. The highest BCUT2D eigenvalue weighted by Crippen LogP contribution is 2.25. The van der Waals surface area contributed by atoms with Gasteiger partial charge in [-0.15, -0.1) is 0 Å². The first kappa shape index (κ1) is 19.1. The van der Waals surface area contributed by atoms with Crippen LogP contribution in [0.2, 0.25) is 0 Å². The summed E-state index contributed by atoms with van der Waals surface area (Å²) in [4.78, 5) is 0. The van der Waals surface area contributed by atoms with Gasteiger partial charge in [0.2, 0.25) is 0 Å². The Labute approximate surface area is 132 Å². The molecule has 0 amide bonds. The summed E-state index contributed by atoms with van der Waals surface area (Å²) in [5.41, 5.74) is 2.41. The lowest BCUT2D eigenvalue weighted by Crippen LogP contribution is -2.21. The first-order chi connectivity index (χ1) is 10.2. The molecular formula is C15H25NO5S. The third-order valence-electron chi connectivity index (χ3n) is 3.50. The third-order valence-corrected chi connectivity index (χ3v) is 4.00. The Balaban J connectivity index is 0.000000287. The lowest BCUT2D eigenvalue weighted by atomic mass is 10.0. The van der Waals surface area contributed by atoms with E-state index >= 15 is 0 Å². The summed E-state index contributed by atoms with van der Waals surface area (Å²) in [6, 6.07) is 7.98. The molecule has 1 aromatic rings. The summed E-state index contributed by atoms with van der Waals surface area (Å²) in [6.07, 6.45) is 4.49. The lowest BCUT2D eigenvalue weighted by Gasteiger charge is -2.11. The molecule has 22 heavy (non-hydrogen) atoms. The van der Waals surface area contributed by atoms with Crippen LogP contribution in [0, 0.1) is 6.92 Å². The average Bonchev–Trinajstić information content (AvgIpc) is 2.81. The van der Waals surface area contributed by atoms with Crippen molar-refractivity contribution in [3.8, 4) is 0 Å². The fraction of sp³-hybridized carbons (Fsp3) is 0.600. The normalized spacial score (nSPS) is 16.9. The fourth-order valence-electron chi connectivity index (χ4n) is 2.27. The number of aryl methyl sites for hydroxylation is 2. The number of nitrogens with two attached hydrogens (primary N) is 1. The minimum atomic E-state index is -3.79. The van der Waals surface area contributed by atoms with Gasteiger partial charge in [-0.25, -0.2) is 5.14 Å². The molecule has 7 heteroatoms. The molecule has 0 unspecified atom stereocenters. The van der Waals surface area contributed by atoms with Gasteiger partial charge >= 0.3 is 10.3 Å². The molecule has 0 bridgehead atoms. The number of benzene rings is 1. The topological polar surface area (TPSA) is 110 Å². The zero-order valence-corrected chi connectivity index (χ0v) is 13.7. The zero-order valence-electron chi connectivity index (χ0n) is 12.9. The van der Waals surface area contributed by atoms with Gasteiger partial charge in [0.05, 0.1) is 6.61 Å². The predicted molar refractivity (Wildman–Crippen MR) is 84.2 cm³/mol. The second-order valence-corrected chi connectivity index (χ2v) is 6.76. The van der Waals surface area contributed by atoms with E-state index < -0.39 is 16.1 Å². The van der Waals surface area contributed by atoms with Crippen LogP contribution in [0.1, 0.15) is 43.2 Å². The lowest BCUT2D eigenvalue weighted by molar-refractivity contribution is -0.152. The van der Waals surface area contributed by atoms with Gasteiger partial charge in [0.15, 0.2) is 5.79 Å². The molecule has 1 saturated carbocycles. The van der Waals surface area contributed by atoms with E-state index in [9.17, 15) is 8.42 Å². The van der Waals surface area contributed by atoms with E-state index in [1.54, 1.807) is 0 Å². The van der Waals surface area contributed by atoms with E-state index in [0.29, 0.717) is 19.3 Å². The maximum atomic E-state index is 10.5. The van der Waals surface area contributed by atoms with Crippen LogP contribution in [0.5, 0.6) is 0 Å². The standard InChI is InChI=1S/C10H15NO3S.C5H10O2/c1-9-5-2-3-6-10(9)7-4-8-14-15(11,12)13;6-5(7)3-1-2-4-5/h2-3,5-6H,4,7-8H2,1H3,(H2,11,12,13);6-7H,1-4H2. The quantitative estimate of drug-likeness (QED) is 0.558. The van der Waals surface area contributed by atoms with Crippen molar-refractivity contribution in [1.29, 1.82) is 0 Å². The first-order valence-corrected chi connectivity index (χ1v) is 8.83. The Morgan fingerprint density at radius 2 is 1.82 bits per heavy atom. The van der Waals surface area contributed by atoms with Crippen molar-refractivity contribution in [1.82, 2.24) is 0 Å². The maximum Gasteiger partial charge on any atom is 0.333 e. The fourth-order valence-corrected chi connectivity index (χ4v) is 2.62. The first-order valence-electron chi connectivity index (χ1n) is 7.36. The van der Waals surface area contributed by atoms with Crippen LogP contribution >= 0.6 is 0 Å². The summed E-state index contributed by atoms with van der Waals surface area (Å²) in [7, 11) is -3.79. The van der Waals surface area contributed by atoms with Crippen molar-refractivity contribution in [3.05, 3.63) is 35.4 Å². The maximum absolute atomic E-state index is 10.5. The molecule has 0 radical (unpaired) electrons. The summed E-state index contributed by atoms with van der Waals surface area (Å²) in [5, 5.41) is 22.2. The summed E-state index contributed by atoms with van der Waals surface area (Å²) < 4.78 is 25.4. The van der Waals surface area contributed by atoms with Crippen LogP contribution in [0.4, 0.5) is 0 Å². The van der Waals surface area contributed by atoms with Gasteiger partial charge in [-0.2, -0.15) is 8.42 Å². The van der Waals surface area contributed by atoms with Crippen LogP contribution in [0.25, 0.3) is 0 Å². The molecule has 1 fully saturated rings. The highest BCUT2D eigenvalue weighted by atomic mass is 32.2. The molecule has 0 atom stereocenters. The molecule has 1 aliphatic rings. The van der Waals surface area contributed by atoms with Crippen molar-refractivity contribution >= 4 is 10.3 Å². The van der Waals surface area contributed by atoms with E-state index in [0.717, 1.165) is 19.3 Å². The van der Waals surface area contributed by atoms with E-state index in [1.807, 2.05) is 31.2 Å². The van der Waals surface area contributed by atoms with Gasteiger partial charge < -0.3 is 10.2 Å². The molecule has 0 spiro atoms. The summed E-state index contributed by atoms with van der Waals surface area (Å²) in [6.45, 7) is 2.16. The largest absolute Gasteiger partial charge is 0.366 e. The van der Waals surface area contributed by atoms with Crippen molar-refractivity contribution in [2.75, 3.05) is 6.61 Å². The van der Waals surface area contributed by atoms with E-state index in [1.165, 1.54) is 11.1 Å². The molecule has 0 saturated heterocycles. The minimum Gasteiger partial charge on any atom is -0.366 e. The van der Waals surface area contributed by atoms with Crippen molar-refractivity contribution < 1.29 is 22.8 Å². The number of rotatable bonds is 5. The molecular weight excluding hydrogens is 306 g/mol. The van der Waals surface area contributed by atoms with Crippen molar-refractivity contribution in [3.63, 3.8) is 0 Å². The second kappa shape index (κ2) is 8.59. The smallest absolute Gasteiger partial charge is 0.333 e. The molecule has 0 aromatic heterocycles. The van der Waals surface area contributed by atoms with Crippen molar-refractivity contribution in [2.45, 2.75) is 51.2 Å². The summed E-state index contributed by atoms with van der Waals surface area (Å²) in [5.74, 6) is -1.31. The van der Waals surface area contributed by atoms with Crippen LogP contribution in [0.3, 0.4) is 0 Å². The Hall–Kier alpha value is -0.990. The Morgan fingerprint density at radius 3 is 2.27 bits per heavy atom. The van der Waals surface area contributed by atoms with E-state index in [2.05, 4.69) is 4.18 Å². The minimum absolute atomic E-state index is 0.132. The monoisotopic (exact) mass is 331 g/mol. The third kappa shape index (κ3) is 8.45. The number of aliphatic hydroxyl groups is 2. The van der Waals surface area contributed by atoms with Gasteiger partial charge in [-0.05, 0) is 43.7 Å². The van der Waals surface area contributed by atoms with Crippen LogP contribution in [-0.2, 0) is 20.9 Å². The van der Waals surface area contributed by atoms with E-state index in [4.69, 9.17) is 15.4 Å². The van der Waals surface area contributed by atoms with Crippen LogP contribution in [-0.4, -0.2) is 31.0 Å². The molecule has 1 aromatic carbocycles. The molecule has 4 N–H and O–H groups in total. The van der Waals surface area contributed by atoms with Gasteiger partial charge in [0, 0.05) is 12.8 Å². The predicted octanol–water partition coefficient (Wildman–Crippen LogP) is 1.39. The molecule has 6 nitrogen and oxygen atoms in total. The van der Waals surface area contributed by atoms with Crippen LogP contribution < -0.4 is 5.14 Å². The second-order valence-electron chi connectivity index (χ2n) is 5.53. The average molecular weight is 331 g/mol. The highest BCUT2D eigenvalue weighted by molar-refractivity contribution is 7.84. The molecule has 0 heterocycles. The highest BCUT2D eigenvalue weighted by Gasteiger charge is 2.26. The van der Waals surface area contributed by atoms with Gasteiger partial charge in [-0.1, -0.05) is 24.3 Å². The molecule has 0 aliphatic heterocycles. The number of hydrogen-bond acceptors (Lipinski definition) is 5. The van der Waals surface area contributed by atoms with Crippen molar-refractivity contribution in [2.24, 2.45) is 5.14 Å². The van der Waals surface area contributed by atoms with Gasteiger partial charge in [0.25, 0.3) is 0 Å². The molecule has 1 aliphatic carbocycles. The van der Waals surface area contributed by atoms with E-state index in [-0.39, 0.29) is 6.61 Å². The van der Waals surface area contributed by atoms with Gasteiger partial charge in [-0.3, -0.25) is 4.18 Å². The van der Waals surface area contributed by atoms with Gasteiger partial charge in [0.1, 0.15) is 0 Å². The zero-order chi connectivity index (χ0) is 16.6. The van der Waals surface area contributed by atoms with Crippen LogP contribution in [0.15, 0.2) is 24.3 Å². The Bertz CT molecular complexity index is 549. The SMILES string of the molecule is Cc1ccccc1CCCOS(N)(=O)=O.OC1(O)CCCC1. The summed E-state index contributed by atoms with van der Waals surface area (Å²) >= 11 is 0. The Morgan fingerprint density at radius 1 is 1.23 bits per heavy atom.